The number of rotatable bonds is 10. The van der Waals surface area contributed by atoms with Crippen LogP contribution >= 0.6 is 23.1 Å². The number of ether oxygens (including phenoxy) is 1. The zero-order chi connectivity index (χ0) is 23.4. The summed E-state index contributed by atoms with van der Waals surface area (Å²) in [5.74, 6) is -0.862. The molecule has 0 amide bonds. The number of thioether (sulfide) groups is 1. The largest absolute Gasteiger partial charge is 0.480 e. The molecule has 0 saturated heterocycles. The van der Waals surface area contributed by atoms with E-state index in [1.807, 2.05) is 41.8 Å². The van der Waals surface area contributed by atoms with Crippen molar-refractivity contribution in [2.45, 2.75) is 54.8 Å². The molecule has 1 aromatic heterocycles. The quantitative estimate of drug-likeness (QED) is 0.217. The highest BCUT2D eigenvalue weighted by Gasteiger charge is 2.34. The first-order chi connectivity index (χ1) is 15.1. The number of hydrogen-bond acceptors (Lipinski definition) is 7. The van der Waals surface area contributed by atoms with E-state index >= 15 is 0 Å². The lowest BCUT2D eigenvalue weighted by Gasteiger charge is -2.19. The minimum atomic E-state index is -1.03. The van der Waals surface area contributed by atoms with Crippen molar-refractivity contribution < 1.29 is 19.6 Å². The number of benzene rings is 1. The molecule has 1 aromatic carbocycles. The molecule has 2 aromatic rings. The summed E-state index contributed by atoms with van der Waals surface area (Å²) in [4.78, 5) is 26.6. The van der Waals surface area contributed by atoms with Gasteiger partial charge in [0.15, 0.2) is 4.34 Å². The van der Waals surface area contributed by atoms with E-state index in [-0.39, 0.29) is 4.92 Å². The molecule has 0 unspecified atom stereocenters. The summed E-state index contributed by atoms with van der Waals surface area (Å²) in [6, 6.07) is 7.99. The molecule has 1 heterocycles. The molecule has 1 N–H and O–H groups in total. The first-order valence-electron chi connectivity index (χ1n) is 10.2. The summed E-state index contributed by atoms with van der Waals surface area (Å²) in [5, 5.41) is 22.3. The molecule has 1 aliphatic carbocycles. The summed E-state index contributed by atoms with van der Waals surface area (Å²) in [6.07, 6.45) is 6.42. The van der Waals surface area contributed by atoms with Gasteiger partial charge in [0.25, 0.3) is 0 Å². The third-order valence-electron chi connectivity index (χ3n) is 5.22. The molecule has 0 spiro atoms. The number of nitro groups is 1. The normalized spacial score (nSPS) is 18.4. The van der Waals surface area contributed by atoms with E-state index in [0.29, 0.717) is 26.1 Å². The minimum Gasteiger partial charge on any atom is -0.480 e. The van der Waals surface area contributed by atoms with Crippen molar-refractivity contribution in [1.82, 2.24) is 4.98 Å². The van der Waals surface area contributed by atoms with Crippen LogP contribution in [0.1, 0.15) is 44.0 Å². The first-order valence-corrected chi connectivity index (χ1v) is 11.9. The molecule has 7 nitrogen and oxygen atoms in total. The number of hydrogen-bond donors (Lipinski definition) is 1. The summed E-state index contributed by atoms with van der Waals surface area (Å²) < 4.78 is 5.60. The van der Waals surface area contributed by atoms with Crippen molar-refractivity contribution in [2.75, 3.05) is 6.61 Å². The fraction of sp³-hybridized carbons (Fsp3) is 0.391. The first kappa shape index (κ1) is 24.2. The van der Waals surface area contributed by atoms with Gasteiger partial charge in [0.05, 0.1) is 18.9 Å². The van der Waals surface area contributed by atoms with Crippen LogP contribution < -0.4 is 0 Å². The van der Waals surface area contributed by atoms with Crippen molar-refractivity contribution in [3.8, 4) is 0 Å². The molecule has 32 heavy (non-hydrogen) atoms. The SMILES string of the molecule is CC(C)(Sc1nc(CCOCc2ccc(C3=CC[C@](C)([N+](=O)[O-])C=C3)cc2)cs1)C(=O)O. The van der Waals surface area contributed by atoms with Crippen molar-refractivity contribution in [1.29, 1.82) is 0 Å². The van der Waals surface area contributed by atoms with Gasteiger partial charge in [-0.3, -0.25) is 14.9 Å². The van der Waals surface area contributed by atoms with Crippen molar-refractivity contribution in [3.05, 3.63) is 74.8 Å². The van der Waals surface area contributed by atoms with E-state index in [9.17, 15) is 20.0 Å². The molecule has 0 fully saturated rings. The third kappa shape index (κ3) is 6.05. The summed E-state index contributed by atoms with van der Waals surface area (Å²) >= 11 is 2.70. The Bertz CT molecular complexity index is 1040. The van der Waals surface area contributed by atoms with Gasteiger partial charge in [0.2, 0.25) is 5.54 Å². The maximum Gasteiger partial charge on any atom is 0.319 e. The van der Waals surface area contributed by atoms with Crippen molar-refractivity contribution >= 4 is 34.6 Å². The third-order valence-corrected chi connectivity index (χ3v) is 7.39. The Balaban J connectivity index is 1.45. The highest BCUT2D eigenvalue weighted by molar-refractivity contribution is 8.02. The van der Waals surface area contributed by atoms with E-state index in [0.717, 1.165) is 26.7 Å². The molecule has 0 aliphatic heterocycles. The molecular weight excluding hydrogens is 448 g/mol. The average molecular weight is 475 g/mol. The van der Waals surface area contributed by atoms with E-state index in [1.54, 1.807) is 26.8 Å². The van der Waals surface area contributed by atoms with Gasteiger partial charge in [-0.2, -0.15) is 0 Å². The Labute approximate surface area is 195 Å². The molecule has 0 radical (unpaired) electrons. The standard InChI is InChI=1S/C23H26N2O5S2/c1-22(2,20(26)27)32-21-24-19(15-31-21)10-13-30-14-16-4-6-17(7-5-16)18-8-11-23(3,12-9-18)25(28)29/h4-9,11,15H,10,12-14H2,1-3H3,(H,26,27)/t23-/m1/s1. The number of nitrogens with zero attached hydrogens (tertiary/aromatic N) is 2. The monoisotopic (exact) mass is 474 g/mol. The van der Waals surface area contributed by atoms with Crippen LogP contribution in [0.5, 0.6) is 0 Å². The van der Waals surface area contributed by atoms with Crippen LogP contribution in [0.4, 0.5) is 0 Å². The number of aliphatic carboxylic acids is 1. The maximum atomic E-state index is 11.2. The number of thiazole rings is 1. The van der Waals surface area contributed by atoms with E-state index < -0.39 is 16.3 Å². The fourth-order valence-electron chi connectivity index (χ4n) is 2.94. The van der Waals surface area contributed by atoms with Crippen LogP contribution in [0.25, 0.3) is 5.57 Å². The van der Waals surface area contributed by atoms with E-state index in [2.05, 4.69) is 4.98 Å². The van der Waals surface area contributed by atoms with Crippen molar-refractivity contribution in [3.63, 3.8) is 0 Å². The second-order valence-corrected chi connectivity index (χ2v) is 11.1. The fourth-order valence-corrected chi connectivity index (χ4v) is 5.17. The lowest BCUT2D eigenvalue weighted by Crippen LogP contribution is -2.32. The predicted octanol–water partition coefficient (Wildman–Crippen LogP) is 5.24. The second kappa shape index (κ2) is 9.97. The van der Waals surface area contributed by atoms with Gasteiger partial charge in [-0.1, -0.05) is 48.2 Å². The van der Waals surface area contributed by atoms with Gasteiger partial charge in [-0.05, 0) is 36.6 Å². The molecule has 0 saturated carbocycles. The lowest BCUT2D eigenvalue weighted by molar-refractivity contribution is -0.549. The van der Waals surface area contributed by atoms with Gasteiger partial charge < -0.3 is 9.84 Å². The number of carboxylic acid groups (broad SMARTS) is 1. The van der Waals surface area contributed by atoms with E-state index in [1.165, 1.54) is 23.1 Å². The van der Waals surface area contributed by atoms with Gasteiger partial charge in [0.1, 0.15) is 4.75 Å². The van der Waals surface area contributed by atoms with Crippen LogP contribution in [0.3, 0.4) is 0 Å². The number of aromatic nitrogens is 1. The van der Waals surface area contributed by atoms with E-state index in [4.69, 9.17) is 4.74 Å². The molecule has 1 aliphatic rings. The van der Waals surface area contributed by atoms with Crippen LogP contribution in [0, 0.1) is 10.1 Å². The smallest absolute Gasteiger partial charge is 0.319 e. The molecular formula is C23H26N2O5S2. The van der Waals surface area contributed by atoms with Crippen molar-refractivity contribution in [2.24, 2.45) is 0 Å². The van der Waals surface area contributed by atoms with Gasteiger partial charge in [-0.15, -0.1) is 11.3 Å². The lowest BCUT2D eigenvalue weighted by atomic mass is 9.89. The van der Waals surface area contributed by atoms with Crippen LogP contribution in [0.2, 0.25) is 0 Å². The summed E-state index contributed by atoms with van der Waals surface area (Å²) in [5.41, 5.74) is 2.92. The van der Waals surface area contributed by atoms with Gasteiger partial charge >= 0.3 is 5.97 Å². The Morgan fingerprint density at radius 3 is 2.69 bits per heavy atom. The number of allylic oxidation sites excluding steroid dienone is 2. The zero-order valence-electron chi connectivity index (χ0n) is 18.2. The Kier molecular flexibility index (Phi) is 7.53. The van der Waals surface area contributed by atoms with Gasteiger partial charge in [-0.25, -0.2) is 4.98 Å². The van der Waals surface area contributed by atoms with Gasteiger partial charge in [0, 0.05) is 30.1 Å². The highest BCUT2D eigenvalue weighted by atomic mass is 32.2. The average Bonchev–Trinajstić information content (AvgIpc) is 3.18. The topological polar surface area (TPSA) is 103 Å². The summed E-state index contributed by atoms with van der Waals surface area (Å²) in [7, 11) is 0. The van der Waals surface area contributed by atoms with Crippen LogP contribution in [-0.2, 0) is 22.6 Å². The maximum absolute atomic E-state index is 11.2. The molecule has 9 heteroatoms. The Morgan fingerprint density at radius 1 is 1.38 bits per heavy atom. The zero-order valence-corrected chi connectivity index (χ0v) is 19.9. The second-order valence-electron chi connectivity index (χ2n) is 8.33. The molecule has 1 atom stereocenters. The molecule has 0 bridgehead atoms. The Hall–Kier alpha value is -2.49. The Morgan fingerprint density at radius 2 is 2.09 bits per heavy atom. The van der Waals surface area contributed by atoms with Crippen LogP contribution in [0.15, 0.2) is 52.2 Å². The van der Waals surface area contributed by atoms with Crippen LogP contribution in [-0.4, -0.2) is 37.9 Å². The number of carbonyl (C=O) groups is 1. The molecule has 3 rings (SSSR count). The predicted molar refractivity (Wildman–Crippen MR) is 127 cm³/mol. The number of carboxylic acids is 1. The summed E-state index contributed by atoms with van der Waals surface area (Å²) in [6.45, 7) is 5.96. The molecule has 170 valence electrons. The highest BCUT2D eigenvalue weighted by Crippen LogP contribution is 2.34. The minimum absolute atomic E-state index is 0.251.